The fourth-order valence-electron chi connectivity index (χ4n) is 7.51. The minimum absolute atomic E-state index is 0.0148. The van der Waals surface area contributed by atoms with Gasteiger partial charge in [0.15, 0.2) is 11.5 Å². The summed E-state index contributed by atoms with van der Waals surface area (Å²) in [5.74, 6) is -0.321. The molecule has 0 aromatic heterocycles. The molecule has 11 heteroatoms. The summed E-state index contributed by atoms with van der Waals surface area (Å²) in [7, 11) is 1.43. The van der Waals surface area contributed by atoms with E-state index >= 15 is 0 Å². The van der Waals surface area contributed by atoms with E-state index in [2.05, 4.69) is 26.1 Å². The van der Waals surface area contributed by atoms with Crippen molar-refractivity contribution in [2.75, 3.05) is 33.4 Å². The molecular weight excluding hydrogens is 619 g/mol. The smallest absolute Gasteiger partial charge is 0.249 e. The second-order valence-electron chi connectivity index (χ2n) is 13.5. The molecule has 1 aliphatic heterocycles. The molecule has 0 radical (unpaired) electrons. The molecule has 3 aliphatic rings. The average molecular weight is 667 g/mol. The van der Waals surface area contributed by atoms with E-state index in [1.807, 2.05) is 0 Å². The number of aldehydes is 1. The highest BCUT2D eigenvalue weighted by Crippen LogP contribution is 2.51. The number of methoxy groups -OCH3 is 1. The topological polar surface area (TPSA) is 135 Å². The number of benzene rings is 2. The number of ether oxygens (including phenoxy) is 3. The van der Waals surface area contributed by atoms with Crippen LogP contribution >= 0.6 is 0 Å². The first-order valence-electron chi connectivity index (χ1n) is 16.8. The van der Waals surface area contributed by atoms with Gasteiger partial charge in [-0.2, -0.15) is 0 Å². The van der Waals surface area contributed by atoms with Crippen LogP contribution < -0.4 is 14.8 Å². The summed E-state index contributed by atoms with van der Waals surface area (Å²) in [6.45, 7) is 6.10. The number of halogens is 1. The van der Waals surface area contributed by atoms with Gasteiger partial charge < -0.3 is 34.6 Å². The van der Waals surface area contributed by atoms with E-state index in [0.717, 1.165) is 19.3 Å². The van der Waals surface area contributed by atoms with Crippen LogP contribution in [0.1, 0.15) is 67.4 Å². The van der Waals surface area contributed by atoms with Gasteiger partial charge in [0, 0.05) is 29.8 Å². The molecule has 0 bridgehead atoms. The normalized spacial score (nSPS) is 26.2. The number of amides is 2. The molecule has 10 nitrogen and oxygen atoms in total. The average Bonchev–Trinajstić information content (AvgIpc) is 3.46. The zero-order chi connectivity index (χ0) is 34.5. The second kappa shape index (κ2) is 15.6. The lowest BCUT2D eigenvalue weighted by atomic mass is 9.75. The number of fused-ring (bicyclic) bond motifs is 3. The van der Waals surface area contributed by atoms with Crippen LogP contribution in [0.4, 0.5) is 4.39 Å². The molecule has 2 aliphatic carbocycles. The lowest BCUT2D eigenvalue weighted by Gasteiger charge is -2.41. The number of nitrogens with zero attached hydrogens (tertiary/aromatic N) is 1. The third-order valence-electron chi connectivity index (χ3n) is 10.0. The van der Waals surface area contributed by atoms with Crippen molar-refractivity contribution >= 4 is 18.1 Å². The summed E-state index contributed by atoms with van der Waals surface area (Å²) in [6, 6.07) is 8.23. The number of rotatable bonds is 13. The monoisotopic (exact) mass is 666 g/mol. The van der Waals surface area contributed by atoms with Crippen LogP contribution in [-0.2, 0) is 20.7 Å². The molecule has 1 heterocycles. The molecule has 2 amide bonds. The van der Waals surface area contributed by atoms with Crippen LogP contribution in [0.5, 0.6) is 11.5 Å². The molecular formula is C37H47FN2O8. The van der Waals surface area contributed by atoms with Crippen molar-refractivity contribution in [2.45, 2.75) is 76.7 Å². The van der Waals surface area contributed by atoms with Crippen LogP contribution in [0.3, 0.4) is 0 Å². The van der Waals surface area contributed by atoms with E-state index in [9.17, 15) is 29.0 Å². The Morgan fingerprint density at radius 1 is 1.21 bits per heavy atom. The summed E-state index contributed by atoms with van der Waals surface area (Å²) < 4.78 is 32.2. The Balaban J connectivity index is 1.51. The van der Waals surface area contributed by atoms with Crippen molar-refractivity contribution in [3.8, 4) is 11.5 Å². The summed E-state index contributed by atoms with van der Waals surface area (Å²) >= 11 is 0. The molecule has 7 unspecified atom stereocenters. The lowest BCUT2D eigenvalue weighted by molar-refractivity contribution is -0.147. The summed E-state index contributed by atoms with van der Waals surface area (Å²) in [5.41, 5.74) is 1.69. The van der Waals surface area contributed by atoms with Gasteiger partial charge in [0.05, 0.1) is 31.8 Å². The Bertz CT molecular complexity index is 1510. The summed E-state index contributed by atoms with van der Waals surface area (Å²) in [4.78, 5) is 41.1. The highest BCUT2D eigenvalue weighted by molar-refractivity contribution is 5.96. The quantitative estimate of drug-likeness (QED) is 0.275. The van der Waals surface area contributed by atoms with Gasteiger partial charge in [-0.15, -0.1) is 0 Å². The van der Waals surface area contributed by atoms with Crippen molar-refractivity contribution in [2.24, 2.45) is 17.8 Å². The maximum Gasteiger partial charge on any atom is 0.249 e. The Hall–Kier alpha value is -3.80. The minimum Gasteiger partial charge on any atom is -0.493 e. The third kappa shape index (κ3) is 7.58. The molecule has 2 aromatic rings. The lowest BCUT2D eigenvalue weighted by Crippen LogP contribution is -2.57. The van der Waals surface area contributed by atoms with Crippen LogP contribution in [0.15, 0.2) is 48.0 Å². The number of nitrogens with one attached hydrogen (secondary N) is 1. The zero-order valence-electron chi connectivity index (χ0n) is 28.1. The van der Waals surface area contributed by atoms with Crippen molar-refractivity contribution < 1.29 is 43.2 Å². The predicted octanol–water partition coefficient (Wildman–Crippen LogP) is 3.82. The first kappa shape index (κ1) is 35.5. The summed E-state index contributed by atoms with van der Waals surface area (Å²) in [6.07, 6.45) is 3.11. The van der Waals surface area contributed by atoms with Crippen molar-refractivity contribution in [3.63, 3.8) is 0 Å². The SMILES string of the molecule is COc1cc(C=O)cc2c1OC1C2C(C(=O)NCCO)=CC(N(CCc2cccc(F)c2)C(=O)COC2CC(C)CCC2C(C)C)C1O. The van der Waals surface area contributed by atoms with E-state index < -0.39 is 35.9 Å². The van der Waals surface area contributed by atoms with Gasteiger partial charge >= 0.3 is 0 Å². The molecule has 0 spiro atoms. The second-order valence-corrected chi connectivity index (χ2v) is 13.5. The zero-order valence-corrected chi connectivity index (χ0v) is 28.1. The standard InChI is InChI=1S/C37H47FN2O8/c1-21(2)26-9-8-22(3)14-30(26)47-20-32(43)40(12-10-23-6-5-7-25(38)15-23)29-18-28(37(45)39-11-13-41)33-27-16-24(19-42)17-31(46-4)35(27)48-36(33)34(29)44/h5-7,15-19,21-22,26,29-30,33-34,36,41,44H,8-14,20H2,1-4H3,(H,39,45). The fraction of sp³-hybridized carbons (Fsp3) is 0.541. The largest absolute Gasteiger partial charge is 0.493 e. The highest BCUT2D eigenvalue weighted by atomic mass is 19.1. The molecule has 5 rings (SSSR count). The van der Waals surface area contributed by atoms with E-state index in [4.69, 9.17) is 14.2 Å². The Morgan fingerprint density at radius 3 is 2.69 bits per heavy atom. The molecule has 48 heavy (non-hydrogen) atoms. The van der Waals surface area contributed by atoms with Gasteiger partial charge in [-0.25, -0.2) is 4.39 Å². The van der Waals surface area contributed by atoms with Gasteiger partial charge in [-0.3, -0.25) is 14.4 Å². The van der Waals surface area contributed by atoms with E-state index in [1.54, 1.807) is 24.3 Å². The highest BCUT2D eigenvalue weighted by Gasteiger charge is 2.51. The maximum absolute atomic E-state index is 14.2. The predicted molar refractivity (Wildman–Crippen MR) is 176 cm³/mol. The van der Waals surface area contributed by atoms with Crippen LogP contribution in [0.25, 0.3) is 0 Å². The first-order valence-corrected chi connectivity index (χ1v) is 16.8. The molecule has 1 saturated carbocycles. The molecule has 1 fully saturated rings. The van der Waals surface area contributed by atoms with Crippen LogP contribution in [0, 0.1) is 23.6 Å². The summed E-state index contributed by atoms with van der Waals surface area (Å²) in [5, 5.41) is 24.1. The molecule has 260 valence electrons. The fourth-order valence-corrected chi connectivity index (χ4v) is 7.51. The number of hydrogen-bond donors (Lipinski definition) is 3. The van der Waals surface area contributed by atoms with Gasteiger partial charge in [-0.05, 0) is 72.9 Å². The number of carbonyl (C=O) groups excluding carboxylic acids is 3. The van der Waals surface area contributed by atoms with Crippen LogP contribution in [-0.4, -0.2) is 91.0 Å². The Morgan fingerprint density at radius 2 is 2.00 bits per heavy atom. The minimum atomic E-state index is -1.30. The maximum atomic E-state index is 14.2. The van der Waals surface area contributed by atoms with Gasteiger partial charge in [-0.1, -0.05) is 39.3 Å². The number of hydrogen-bond acceptors (Lipinski definition) is 8. The molecule has 2 aromatic carbocycles. The van der Waals surface area contributed by atoms with E-state index in [1.165, 1.54) is 30.2 Å². The molecule has 3 N–H and O–H groups in total. The molecule has 0 saturated heterocycles. The van der Waals surface area contributed by atoms with Crippen molar-refractivity contribution in [1.29, 1.82) is 0 Å². The van der Waals surface area contributed by atoms with Crippen LogP contribution in [0.2, 0.25) is 0 Å². The van der Waals surface area contributed by atoms with E-state index in [-0.39, 0.29) is 56.1 Å². The van der Waals surface area contributed by atoms with Gasteiger partial charge in [0.25, 0.3) is 0 Å². The number of aliphatic hydroxyl groups excluding tert-OH is 2. The van der Waals surface area contributed by atoms with E-state index in [0.29, 0.717) is 46.5 Å². The molecule has 7 atom stereocenters. The van der Waals surface area contributed by atoms with Crippen molar-refractivity contribution in [1.82, 2.24) is 10.2 Å². The third-order valence-corrected chi connectivity index (χ3v) is 10.0. The van der Waals surface area contributed by atoms with Crippen molar-refractivity contribution in [3.05, 3.63) is 70.6 Å². The van der Waals surface area contributed by atoms with Gasteiger partial charge in [0.2, 0.25) is 11.8 Å². The Kier molecular flexibility index (Phi) is 11.5. The first-order chi connectivity index (χ1) is 23.1. The Labute approximate surface area is 281 Å². The number of aliphatic hydroxyl groups is 2. The van der Waals surface area contributed by atoms with Gasteiger partial charge in [0.1, 0.15) is 30.9 Å². The number of carbonyl (C=O) groups is 3.